The summed E-state index contributed by atoms with van der Waals surface area (Å²) in [7, 11) is 0. The molecule has 10 heavy (non-hydrogen) atoms. The number of amides is 1. The van der Waals surface area contributed by atoms with Crippen molar-refractivity contribution in [1.82, 2.24) is 3.94 Å². The summed E-state index contributed by atoms with van der Waals surface area (Å²) in [6.45, 7) is 5.17. The molecule has 0 aromatic carbocycles. The van der Waals surface area contributed by atoms with Crippen molar-refractivity contribution in [3.63, 3.8) is 0 Å². The van der Waals surface area contributed by atoms with Gasteiger partial charge in [0.1, 0.15) is 5.60 Å². The van der Waals surface area contributed by atoms with Crippen LogP contribution in [0.3, 0.4) is 0 Å². The van der Waals surface area contributed by atoms with Gasteiger partial charge in [0.2, 0.25) is 0 Å². The highest BCUT2D eigenvalue weighted by Gasteiger charge is 2.19. The van der Waals surface area contributed by atoms with Gasteiger partial charge in [-0.2, -0.15) is 0 Å². The van der Waals surface area contributed by atoms with Crippen LogP contribution >= 0.6 is 23.6 Å². The van der Waals surface area contributed by atoms with Crippen LogP contribution in [0, 0.1) is 0 Å². The van der Waals surface area contributed by atoms with E-state index in [1.54, 1.807) is 20.8 Å². The molecule has 0 unspecified atom stereocenters. The van der Waals surface area contributed by atoms with Crippen LogP contribution in [0.15, 0.2) is 0 Å². The molecular formula is C5H9Cl2NO2. The predicted molar refractivity (Wildman–Crippen MR) is 39.8 cm³/mol. The SMILES string of the molecule is CC(C)(C)OC(=O)N(Cl)Cl. The standard InChI is InChI=1S/C5H9Cl2NO2/c1-5(2,3)10-4(9)8(6)7/h1-3H3. The maximum Gasteiger partial charge on any atom is 0.440 e. The van der Waals surface area contributed by atoms with E-state index in [1.165, 1.54) is 0 Å². The van der Waals surface area contributed by atoms with Crippen LogP contribution in [0.4, 0.5) is 4.79 Å². The summed E-state index contributed by atoms with van der Waals surface area (Å²) in [4.78, 5) is 10.6. The molecule has 1 amide bonds. The molecule has 0 bridgehead atoms. The first-order valence-corrected chi connectivity index (χ1v) is 3.35. The van der Waals surface area contributed by atoms with E-state index in [9.17, 15) is 4.79 Å². The summed E-state index contributed by atoms with van der Waals surface area (Å²) in [5.74, 6) is 0. The third-order valence-electron chi connectivity index (χ3n) is 0.532. The number of halogens is 2. The highest BCUT2D eigenvalue weighted by molar-refractivity contribution is 6.40. The zero-order chi connectivity index (χ0) is 8.36. The second-order valence-electron chi connectivity index (χ2n) is 2.71. The minimum atomic E-state index is -0.768. The summed E-state index contributed by atoms with van der Waals surface area (Å²) in [6.07, 6.45) is -0.768. The third kappa shape index (κ3) is 4.70. The quantitative estimate of drug-likeness (QED) is 0.544. The van der Waals surface area contributed by atoms with Gasteiger partial charge in [0.05, 0.1) is 0 Å². The average molecular weight is 186 g/mol. The van der Waals surface area contributed by atoms with Crippen molar-refractivity contribution < 1.29 is 9.53 Å². The second-order valence-corrected chi connectivity index (χ2v) is 3.56. The molecule has 0 saturated carbocycles. The van der Waals surface area contributed by atoms with Crippen molar-refractivity contribution in [2.24, 2.45) is 0 Å². The summed E-state index contributed by atoms with van der Waals surface area (Å²) in [5, 5.41) is 0. The first-order chi connectivity index (χ1) is 4.33. The van der Waals surface area contributed by atoms with E-state index >= 15 is 0 Å². The molecule has 5 heteroatoms. The number of rotatable bonds is 0. The van der Waals surface area contributed by atoms with Gasteiger partial charge in [-0.15, -0.1) is 3.94 Å². The number of hydrogen-bond donors (Lipinski definition) is 0. The van der Waals surface area contributed by atoms with Crippen LogP contribution in [-0.2, 0) is 4.74 Å². The molecule has 0 aromatic heterocycles. The number of hydrogen-bond acceptors (Lipinski definition) is 2. The summed E-state index contributed by atoms with van der Waals surface area (Å²) >= 11 is 10.1. The first-order valence-electron chi connectivity index (χ1n) is 2.67. The van der Waals surface area contributed by atoms with E-state index < -0.39 is 11.7 Å². The monoisotopic (exact) mass is 185 g/mol. The Balaban J connectivity index is 3.81. The third-order valence-corrected chi connectivity index (χ3v) is 0.808. The van der Waals surface area contributed by atoms with Crippen molar-refractivity contribution in [3.8, 4) is 0 Å². The normalized spacial score (nSPS) is 10.9. The van der Waals surface area contributed by atoms with E-state index in [0.717, 1.165) is 0 Å². The molecule has 0 heterocycles. The molecule has 0 aliphatic rings. The smallest absolute Gasteiger partial charge is 0.440 e. The van der Waals surface area contributed by atoms with Crippen LogP contribution in [-0.4, -0.2) is 15.6 Å². The van der Waals surface area contributed by atoms with Crippen LogP contribution in [0.25, 0.3) is 0 Å². The van der Waals surface area contributed by atoms with Crippen LogP contribution in [0.1, 0.15) is 20.8 Å². The Hall–Kier alpha value is -0.150. The minimum Gasteiger partial charge on any atom is -0.442 e. The van der Waals surface area contributed by atoms with Gasteiger partial charge in [-0.25, -0.2) is 4.79 Å². The number of carbonyl (C=O) groups excluding carboxylic acids is 1. The lowest BCUT2D eigenvalue weighted by Gasteiger charge is -2.19. The zero-order valence-corrected chi connectivity index (χ0v) is 7.53. The molecule has 0 radical (unpaired) electrons. The highest BCUT2D eigenvalue weighted by atomic mass is 35.5. The molecular weight excluding hydrogens is 177 g/mol. The van der Waals surface area contributed by atoms with Crippen molar-refractivity contribution in [2.45, 2.75) is 26.4 Å². The van der Waals surface area contributed by atoms with E-state index in [2.05, 4.69) is 0 Å². The van der Waals surface area contributed by atoms with E-state index in [1.807, 2.05) is 0 Å². The number of ether oxygens (including phenoxy) is 1. The molecule has 3 nitrogen and oxygen atoms in total. The van der Waals surface area contributed by atoms with Gasteiger partial charge in [-0.1, -0.05) is 0 Å². The Morgan fingerprint density at radius 1 is 1.40 bits per heavy atom. The zero-order valence-electron chi connectivity index (χ0n) is 6.02. The van der Waals surface area contributed by atoms with Crippen molar-refractivity contribution in [2.75, 3.05) is 0 Å². The van der Waals surface area contributed by atoms with Crippen molar-refractivity contribution in [1.29, 1.82) is 0 Å². The molecule has 0 saturated heterocycles. The highest BCUT2D eigenvalue weighted by Crippen LogP contribution is 2.12. The predicted octanol–water partition coefficient (Wildman–Crippen LogP) is 2.53. The van der Waals surface area contributed by atoms with Gasteiger partial charge in [0.25, 0.3) is 0 Å². The fourth-order valence-corrected chi connectivity index (χ4v) is 0.365. The summed E-state index contributed by atoms with van der Waals surface area (Å²) in [6, 6.07) is 0. The lowest BCUT2D eigenvalue weighted by molar-refractivity contribution is 0.0480. The van der Waals surface area contributed by atoms with Crippen LogP contribution in [0.5, 0.6) is 0 Å². The van der Waals surface area contributed by atoms with Gasteiger partial charge >= 0.3 is 6.09 Å². The topological polar surface area (TPSA) is 29.5 Å². The summed E-state index contributed by atoms with van der Waals surface area (Å²) in [5.41, 5.74) is -0.556. The van der Waals surface area contributed by atoms with Crippen LogP contribution in [0.2, 0.25) is 0 Å². The van der Waals surface area contributed by atoms with Gasteiger partial charge in [0, 0.05) is 23.6 Å². The number of carbonyl (C=O) groups is 1. The first kappa shape index (κ1) is 9.85. The lowest BCUT2D eigenvalue weighted by atomic mass is 10.2. The van der Waals surface area contributed by atoms with E-state index in [-0.39, 0.29) is 0 Å². The molecule has 0 atom stereocenters. The molecule has 0 spiro atoms. The average Bonchev–Trinajstić information content (AvgIpc) is 1.60. The molecule has 0 rings (SSSR count). The fraction of sp³-hybridized carbons (Fsp3) is 0.800. The summed E-state index contributed by atoms with van der Waals surface area (Å²) < 4.78 is 5.07. The van der Waals surface area contributed by atoms with Gasteiger partial charge < -0.3 is 4.74 Å². The number of nitrogens with zero attached hydrogens (tertiary/aromatic N) is 1. The maximum atomic E-state index is 10.6. The van der Waals surface area contributed by atoms with Crippen molar-refractivity contribution in [3.05, 3.63) is 0 Å². The molecule has 0 fully saturated rings. The minimum absolute atomic E-state index is 0.352. The molecule has 0 aliphatic heterocycles. The Bertz CT molecular complexity index is 130. The Morgan fingerprint density at radius 2 is 1.80 bits per heavy atom. The van der Waals surface area contributed by atoms with Crippen molar-refractivity contribution >= 4 is 29.6 Å². The van der Waals surface area contributed by atoms with E-state index in [0.29, 0.717) is 3.94 Å². The van der Waals surface area contributed by atoms with Gasteiger partial charge in [-0.3, -0.25) is 0 Å². The Labute approximate surface area is 70.1 Å². The molecule has 60 valence electrons. The van der Waals surface area contributed by atoms with Crippen LogP contribution < -0.4 is 0 Å². The molecule has 0 aliphatic carbocycles. The largest absolute Gasteiger partial charge is 0.442 e. The Morgan fingerprint density at radius 3 is 1.90 bits per heavy atom. The molecule has 0 aromatic rings. The second kappa shape index (κ2) is 3.30. The van der Waals surface area contributed by atoms with Gasteiger partial charge in [-0.05, 0) is 20.8 Å². The lowest BCUT2D eigenvalue weighted by Crippen LogP contribution is -2.27. The Kier molecular flexibility index (Phi) is 3.25. The van der Waals surface area contributed by atoms with E-state index in [4.69, 9.17) is 28.3 Å². The maximum absolute atomic E-state index is 10.6. The fourth-order valence-electron chi connectivity index (χ4n) is 0.296. The van der Waals surface area contributed by atoms with Gasteiger partial charge in [0.15, 0.2) is 0 Å². The molecule has 0 N–H and O–H groups in total.